The van der Waals surface area contributed by atoms with Crippen molar-refractivity contribution in [1.29, 1.82) is 0 Å². The monoisotopic (exact) mass is 283 g/mol. The Morgan fingerprint density at radius 1 is 1.00 bits per heavy atom. The van der Waals surface area contributed by atoms with Crippen molar-refractivity contribution in [2.45, 2.75) is 20.8 Å². The normalized spacial score (nSPS) is 10.2. The number of benzene rings is 2. The van der Waals surface area contributed by atoms with Gasteiger partial charge in [-0.1, -0.05) is 23.8 Å². The molecule has 110 valence electrons. The number of nitrogens with one attached hydrogen (secondary N) is 1. The van der Waals surface area contributed by atoms with Crippen LogP contribution in [-0.2, 0) is 0 Å². The summed E-state index contributed by atoms with van der Waals surface area (Å²) in [4.78, 5) is 11.9. The van der Waals surface area contributed by atoms with Crippen LogP contribution in [0.25, 0.3) is 0 Å². The molecule has 0 radical (unpaired) electrons. The minimum Gasteiger partial charge on any atom is -0.492 e. The lowest BCUT2D eigenvalue weighted by Crippen LogP contribution is -2.28. The lowest BCUT2D eigenvalue weighted by Gasteiger charge is -2.09. The van der Waals surface area contributed by atoms with Crippen molar-refractivity contribution in [3.05, 3.63) is 64.7 Å². The highest BCUT2D eigenvalue weighted by atomic mass is 16.5. The second-order valence-corrected chi connectivity index (χ2v) is 5.22. The van der Waals surface area contributed by atoms with E-state index in [0.29, 0.717) is 18.7 Å². The molecule has 0 atom stereocenters. The van der Waals surface area contributed by atoms with E-state index in [9.17, 15) is 4.79 Å². The van der Waals surface area contributed by atoms with Crippen LogP contribution in [0.2, 0.25) is 0 Å². The molecule has 0 saturated carbocycles. The molecule has 1 N–H and O–H groups in total. The first-order valence-electron chi connectivity index (χ1n) is 7.11. The first kappa shape index (κ1) is 15.1. The van der Waals surface area contributed by atoms with Crippen molar-refractivity contribution < 1.29 is 9.53 Å². The molecule has 0 bridgehead atoms. The maximum Gasteiger partial charge on any atom is 0.251 e. The van der Waals surface area contributed by atoms with Gasteiger partial charge in [0.1, 0.15) is 12.4 Å². The maximum absolute atomic E-state index is 11.9. The van der Waals surface area contributed by atoms with Gasteiger partial charge >= 0.3 is 0 Å². The Morgan fingerprint density at radius 2 is 1.71 bits per heavy atom. The second kappa shape index (κ2) is 6.93. The number of amides is 1. The number of carbonyl (C=O) groups excluding carboxylic acids is 1. The average molecular weight is 283 g/mol. The summed E-state index contributed by atoms with van der Waals surface area (Å²) in [6.07, 6.45) is 0. The van der Waals surface area contributed by atoms with E-state index in [0.717, 1.165) is 11.3 Å². The van der Waals surface area contributed by atoms with Gasteiger partial charge in [-0.2, -0.15) is 0 Å². The molecule has 0 aliphatic heterocycles. The molecule has 0 heterocycles. The van der Waals surface area contributed by atoms with Crippen LogP contribution < -0.4 is 10.1 Å². The molecule has 0 saturated heterocycles. The molecule has 2 aromatic rings. The van der Waals surface area contributed by atoms with Crippen molar-refractivity contribution in [3.63, 3.8) is 0 Å². The van der Waals surface area contributed by atoms with E-state index in [1.54, 1.807) is 0 Å². The average Bonchev–Trinajstić information content (AvgIpc) is 2.47. The van der Waals surface area contributed by atoms with Gasteiger partial charge in [0.2, 0.25) is 0 Å². The Bertz CT molecular complexity index is 618. The number of aryl methyl sites for hydroxylation is 3. The summed E-state index contributed by atoms with van der Waals surface area (Å²) >= 11 is 0. The van der Waals surface area contributed by atoms with E-state index in [1.807, 2.05) is 49.4 Å². The summed E-state index contributed by atoms with van der Waals surface area (Å²) in [5.74, 6) is 0.765. The first-order valence-corrected chi connectivity index (χ1v) is 7.11. The number of ether oxygens (including phenoxy) is 1. The van der Waals surface area contributed by atoms with Crippen LogP contribution in [0.4, 0.5) is 0 Å². The van der Waals surface area contributed by atoms with Crippen molar-refractivity contribution in [2.24, 2.45) is 0 Å². The van der Waals surface area contributed by atoms with Crippen molar-refractivity contribution >= 4 is 5.91 Å². The van der Waals surface area contributed by atoms with E-state index >= 15 is 0 Å². The van der Waals surface area contributed by atoms with Gasteiger partial charge in [-0.3, -0.25) is 4.79 Å². The largest absolute Gasteiger partial charge is 0.492 e. The predicted molar refractivity (Wildman–Crippen MR) is 84.9 cm³/mol. The van der Waals surface area contributed by atoms with Crippen molar-refractivity contribution in [3.8, 4) is 5.75 Å². The van der Waals surface area contributed by atoms with Crippen molar-refractivity contribution in [1.82, 2.24) is 5.32 Å². The summed E-state index contributed by atoms with van der Waals surface area (Å²) in [6.45, 7) is 7.07. The first-order chi connectivity index (χ1) is 10.1. The third-order valence-corrected chi connectivity index (χ3v) is 3.45. The Balaban J connectivity index is 1.77. The number of hydrogen-bond acceptors (Lipinski definition) is 2. The summed E-state index contributed by atoms with van der Waals surface area (Å²) in [7, 11) is 0. The third kappa shape index (κ3) is 4.35. The minimum absolute atomic E-state index is 0.0707. The molecule has 0 spiro atoms. The Morgan fingerprint density at radius 3 is 2.38 bits per heavy atom. The highest BCUT2D eigenvalue weighted by molar-refractivity contribution is 5.94. The van der Waals surface area contributed by atoms with Gasteiger partial charge < -0.3 is 10.1 Å². The van der Waals surface area contributed by atoms with Gasteiger partial charge in [0.25, 0.3) is 5.91 Å². The smallest absolute Gasteiger partial charge is 0.251 e. The fourth-order valence-corrected chi connectivity index (χ4v) is 1.94. The molecule has 21 heavy (non-hydrogen) atoms. The van der Waals surface area contributed by atoms with Gasteiger partial charge in [-0.25, -0.2) is 0 Å². The fourth-order valence-electron chi connectivity index (χ4n) is 1.94. The lowest BCUT2D eigenvalue weighted by molar-refractivity contribution is 0.0947. The molecule has 0 aliphatic carbocycles. The van der Waals surface area contributed by atoms with Crippen LogP contribution >= 0.6 is 0 Å². The molecule has 0 fully saturated rings. The predicted octanol–water partition coefficient (Wildman–Crippen LogP) is 3.42. The molecular formula is C18H21NO2. The fraction of sp³-hybridized carbons (Fsp3) is 0.278. The van der Waals surface area contributed by atoms with E-state index in [4.69, 9.17) is 4.74 Å². The molecule has 0 aliphatic rings. The molecule has 3 heteroatoms. The molecule has 3 nitrogen and oxygen atoms in total. The Labute approximate surface area is 126 Å². The van der Waals surface area contributed by atoms with Crippen LogP contribution in [-0.4, -0.2) is 19.1 Å². The number of rotatable bonds is 5. The molecule has 0 aromatic heterocycles. The Hall–Kier alpha value is -2.29. The highest BCUT2D eigenvalue weighted by Crippen LogP contribution is 2.16. The van der Waals surface area contributed by atoms with Gasteiger partial charge in [-0.05, 0) is 56.2 Å². The number of carbonyl (C=O) groups is 1. The van der Waals surface area contributed by atoms with Gasteiger partial charge in [-0.15, -0.1) is 0 Å². The molecule has 1 amide bonds. The second-order valence-electron chi connectivity index (χ2n) is 5.22. The van der Waals surface area contributed by atoms with Crippen molar-refractivity contribution in [2.75, 3.05) is 13.2 Å². The van der Waals surface area contributed by atoms with E-state index < -0.39 is 0 Å². The zero-order valence-electron chi connectivity index (χ0n) is 12.8. The molecule has 2 rings (SSSR count). The number of hydrogen-bond donors (Lipinski definition) is 1. The summed E-state index contributed by atoms with van der Waals surface area (Å²) in [6, 6.07) is 13.5. The quantitative estimate of drug-likeness (QED) is 0.854. The topological polar surface area (TPSA) is 38.3 Å². The third-order valence-electron chi connectivity index (χ3n) is 3.45. The summed E-state index contributed by atoms with van der Waals surface area (Å²) < 4.78 is 5.63. The van der Waals surface area contributed by atoms with Crippen LogP contribution in [0, 0.1) is 20.8 Å². The lowest BCUT2D eigenvalue weighted by atomic mass is 10.1. The zero-order valence-corrected chi connectivity index (χ0v) is 12.8. The molecule has 0 unspecified atom stereocenters. The maximum atomic E-state index is 11.9. The van der Waals surface area contributed by atoms with Gasteiger partial charge in [0, 0.05) is 5.56 Å². The van der Waals surface area contributed by atoms with E-state index in [-0.39, 0.29) is 5.91 Å². The van der Waals surface area contributed by atoms with E-state index in [2.05, 4.69) is 19.2 Å². The van der Waals surface area contributed by atoms with Crippen LogP contribution in [0.3, 0.4) is 0 Å². The standard InChI is InChI=1S/C18H21NO2/c1-13-4-7-16(8-5-13)18(20)19-10-11-21-17-9-6-14(2)15(3)12-17/h4-9,12H,10-11H2,1-3H3,(H,19,20). The van der Waals surface area contributed by atoms with Gasteiger partial charge in [0.15, 0.2) is 0 Å². The Kier molecular flexibility index (Phi) is 4.99. The summed E-state index contributed by atoms with van der Waals surface area (Å²) in [5.41, 5.74) is 4.27. The van der Waals surface area contributed by atoms with E-state index in [1.165, 1.54) is 11.1 Å². The zero-order chi connectivity index (χ0) is 15.2. The molecule has 2 aromatic carbocycles. The van der Waals surface area contributed by atoms with Crippen LogP contribution in [0.1, 0.15) is 27.0 Å². The minimum atomic E-state index is -0.0707. The highest BCUT2D eigenvalue weighted by Gasteiger charge is 2.04. The SMILES string of the molecule is Cc1ccc(C(=O)NCCOc2ccc(C)c(C)c2)cc1. The van der Waals surface area contributed by atoms with Gasteiger partial charge in [0.05, 0.1) is 6.54 Å². The summed E-state index contributed by atoms with van der Waals surface area (Å²) in [5, 5.41) is 2.85. The van der Waals surface area contributed by atoms with Crippen LogP contribution in [0.5, 0.6) is 5.75 Å². The van der Waals surface area contributed by atoms with Crippen LogP contribution in [0.15, 0.2) is 42.5 Å². The molecular weight excluding hydrogens is 262 g/mol.